The zero-order valence-electron chi connectivity index (χ0n) is 14.8. The number of carbonyl (C=O) groups is 1. The van der Waals surface area contributed by atoms with E-state index < -0.39 is 5.91 Å². The lowest BCUT2D eigenvalue weighted by atomic mass is 10.1. The highest BCUT2D eigenvalue weighted by Gasteiger charge is 2.14. The average Bonchev–Trinajstić information content (AvgIpc) is 2.64. The number of nitriles is 1. The lowest BCUT2D eigenvalue weighted by Crippen LogP contribution is -2.14. The van der Waals surface area contributed by atoms with Crippen LogP contribution in [0.4, 0.5) is 5.69 Å². The molecule has 0 radical (unpaired) electrons. The molecule has 2 aromatic carbocycles. The van der Waals surface area contributed by atoms with Crippen LogP contribution >= 0.6 is 11.6 Å². The summed E-state index contributed by atoms with van der Waals surface area (Å²) in [6.45, 7) is 4.29. The topological polar surface area (TPSA) is 71.3 Å². The predicted octanol–water partition coefficient (Wildman–Crippen LogP) is 4.60. The van der Waals surface area contributed by atoms with E-state index in [1.54, 1.807) is 36.4 Å². The molecule has 6 heteroatoms. The third-order valence-corrected chi connectivity index (χ3v) is 4.00. The second-order valence-electron chi connectivity index (χ2n) is 5.43. The Labute approximate surface area is 157 Å². The van der Waals surface area contributed by atoms with E-state index in [1.165, 1.54) is 13.2 Å². The Balaban J connectivity index is 2.24. The van der Waals surface area contributed by atoms with Crippen molar-refractivity contribution in [3.63, 3.8) is 0 Å². The van der Waals surface area contributed by atoms with E-state index >= 15 is 0 Å². The van der Waals surface area contributed by atoms with Crippen LogP contribution in [0.25, 0.3) is 6.08 Å². The Morgan fingerprint density at radius 3 is 2.58 bits per heavy atom. The van der Waals surface area contributed by atoms with Gasteiger partial charge in [0.05, 0.1) is 19.4 Å². The lowest BCUT2D eigenvalue weighted by Gasteiger charge is -2.12. The van der Waals surface area contributed by atoms with Crippen LogP contribution in [0.5, 0.6) is 11.5 Å². The van der Waals surface area contributed by atoms with Gasteiger partial charge in [-0.25, -0.2) is 0 Å². The molecule has 0 saturated carbocycles. The largest absolute Gasteiger partial charge is 0.495 e. The van der Waals surface area contributed by atoms with Crippen LogP contribution < -0.4 is 14.8 Å². The minimum atomic E-state index is -0.526. The molecule has 2 aromatic rings. The Kier molecular flexibility index (Phi) is 6.65. The monoisotopic (exact) mass is 370 g/mol. The first-order valence-corrected chi connectivity index (χ1v) is 8.36. The molecular weight excluding hydrogens is 352 g/mol. The number of benzene rings is 2. The molecule has 0 aliphatic heterocycles. The van der Waals surface area contributed by atoms with E-state index in [0.29, 0.717) is 23.1 Å². The van der Waals surface area contributed by atoms with E-state index in [4.69, 9.17) is 21.1 Å². The predicted molar refractivity (Wildman–Crippen MR) is 103 cm³/mol. The summed E-state index contributed by atoms with van der Waals surface area (Å²) in [5.41, 5.74) is 1.94. The molecule has 0 aromatic heterocycles. The van der Waals surface area contributed by atoms with Crippen molar-refractivity contribution in [1.82, 2.24) is 0 Å². The van der Waals surface area contributed by atoms with Crippen molar-refractivity contribution in [2.24, 2.45) is 0 Å². The highest BCUT2D eigenvalue weighted by molar-refractivity contribution is 6.31. The highest BCUT2D eigenvalue weighted by Crippen LogP contribution is 2.31. The molecule has 5 nitrogen and oxygen atoms in total. The van der Waals surface area contributed by atoms with Crippen molar-refractivity contribution in [2.75, 3.05) is 19.0 Å². The first-order valence-electron chi connectivity index (χ1n) is 7.98. The average molecular weight is 371 g/mol. The number of nitrogens with one attached hydrogen (secondary N) is 1. The summed E-state index contributed by atoms with van der Waals surface area (Å²) in [4.78, 5) is 12.5. The van der Waals surface area contributed by atoms with E-state index in [-0.39, 0.29) is 5.57 Å². The second kappa shape index (κ2) is 8.93. The molecule has 0 bridgehead atoms. The van der Waals surface area contributed by atoms with Gasteiger partial charge in [-0.2, -0.15) is 5.26 Å². The number of hydrogen-bond acceptors (Lipinski definition) is 4. The number of nitrogens with zero attached hydrogens (tertiary/aromatic N) is 1. The van der Waals surface area contributed by atoms with Gasteiger partial charge >= 0.3 is 0 Å². The number of ether oxygens (including phenoxy) is 2. The third kappa shape index (κ3) is 4.78. The van der Waals surface area contributed by atoms with Crippen LogP contribution in [-0.2, 0) is 4.79 Å². The molecule has 1 amide bonds. The number of carbonyl (C=O) groups excluding carboxylic acids is 1. The van der Waals surface area contributed by atoms with Gasteiger partial charge < -0.3 is 14.8 Å². The van der Waals surface area contributed by atoms with Crippen molar-refractivity contribution >= 4 is 29.3 Å². The van der Waals surface area contributed by atoms with Gasteiger partial charge in [-0.15, -0.1) is 0 Å². The molecule has 0 spiro atoms. The zero-order valence-corrected chi connectivity index (χ0v) is 15.6. The van der Waals surface area contributed by atoms with E-state index in [2.05, 4.69) is 5.32 Å². The van der Waals surface area contributed by atoms with Gasteiger partial charge in [0.15, 0.2) is 0 Å². The van der Waals surface area contributed by atoms with Crippen molar-refractivity contribution < 1.29 is 14.3 Å². The number of rotatable bonds is 6. The van der Waals surface area contributed by atoms with Crippen LogP contribution in [0.1, 0.15) is 18.1 Å². The minimum absolute atomic E-state index is 0.0242. The number of hydrogen-bond donors (Lipinski definition) is 1. The summed E-state index contributed by atoms with van der Waals surface area (Å²) in [6.07, 6.45) is 1.51. The molecule has 26 heavy (non-hydrogen) atoms. The van der Waals surface area contributed by atoms with Crippen molar-refractivity contribution in [1.29, 1.82) is 5.26 Å². The Morgan fingerprint density at radius 2 is 2.00 bits per heavy atom. The van der Waals surface area contributed by atoms with E-state index in [9.17, 15) is 10.1 Å². The summed E-state index contributed by atoms with van der Waals surface area (Å²) < 4.78 is 10.6. The number of anilines is 1. The highest BCUT2D eigenvalue weighted by atomic mass is 35.5. The Morgan fingerprint density at radius 1 is 1.31 bits per heavy atom. The summed E-state index contributed by atoms with van der Waals surface area (Å²) in [5, 5.41) is 12.6. The number of amides is 1. The van der Waals surface area contributed by atoms with Crippen LogP contribution in [0.3, 0.4) is 0 Å². The minimum Gasteiger partial charge on any atom is -0.495 e. The van der Waals surface area contributed by atoms with Gasteiger partial charge in [-0.05, 0) is 49.2 Å². The van der Waals surface area contributed by atoms with Crippen LogP contribution in [0.15, 0.2) is 42.0 Å². The SMILES string of the molecule is CCOc1ccc(/C=C(/C#N)C(=O)Nc2cc(C)c(Cl)cc2OC)cc1. The number of halogens is 1. The maximum absolute atomic E-state index is 12.5. The van der Waals surface area contributed by atoms with E-state index in [1.807, 2.05) is 19.9 Å². The van der Waals surface area contributed by atoms with Crippen molar-refractivity contribution in [3.8, 4) is 17.6 Å². The molecule has 0 heterocycles. The fraction of sp³-hybridized carbons (Fsp3) is 0.200. The summed E-state index contributed by atoms with van der Waals surface area (Å²) in [7, 11) is 1.48. The van der Waals surface area contributed by atoms with Crippen molar-refractivity contribution in [3.05, 3.63) is 58.1 Å². The maximum Gasteiger partial charge on any atom is 0.266 e. The van der Waals surface area contributed by atoms with Crippen LogP contribution in [-0.4, -0.2) is 19.6 Å². The standard InChI is InChI=1S/C20H19ClN2O3/c1-4-26-16-7-5-14(6-8-16)10-15(12-22)20(24)23-18-9-13(2)17(21)11-19(18)25-3/h5-11H,4H2,1-3H3,(H,23,24)/b15-10-. The Bertz CT molecular complexity index is 868. The van der Waals surface area contributed by atoms with Crippen LogP contribution in [0.2, 0.25) is 5.02 Å². The fourth-order valence-electron chi connectivity index (χ4n) is 2.26. The molecule has 134 valence electrons. The summed E-state index contributed by atoms with van der Waals surface area (Å²) in [5.74, 6) is 0.627. The van der Waals surface area contributed by atoms with Crippen molar-refractivity contribution in [2.45, 2.75) is 13.8 Å². The normalized spacial score (nSPS) is 10.8. The zero-order chi connectivity index (χ0) is 19.1. The first kappa shape index (κ1) is 19.4. The number of methoxy groups -OCH3 is 1. The van der Waals surface area contributed by atoms with Gasteiger partial charge in [-0.3, -0.25) is 4.79 Å². The smallest absolute Gasteiger partial charge is 0.266 e. The third-order valence-electron chi connectivity index (χ3n) is 3.60. The molecule has 0 aliphatic rings. The Hall–Kier alpha value is -2.97. The van der Waals surface area contributed by atoms with Gasteiger partial charge in [-0.1, -0.05) is 23.7 Å². The lowest BCUT2D eigenvalue weighted by molar-refractivity contribution is -0.112. The van der Waals surface area contributed by atoms with Gasteiger partial charge in [0.25, 0.3) is 5.91 Å². The van der Waals surface area contributed by atoms with Gasteiger partial charge in [0.1, 0.15) is 23.1 Å². The molecular formula is C20H19ClN2O3. The first-order chi connectivity index (χ1) is 12.5. The molecule has 0 atom stereocenters. The van der Waals surface area contributed by atoms with Crippen LogP contribution in [0, 0.1) is 18.3 Å². The quantitative estimate of drug-likeness (QED) is 0.595. The summed E-state index contributed by atoms with van der Waals surface area (Å²) in [6, 6.07) is 12.4. The summed E-state index contributed by atoms with van der Waals surface area (Å²) >= 11 is 6.07. The molecule has 0 fully saturated rings. The van der Waals surface area contributed by atoms with Gasteiger partial charge in [0, 0.05) is 11.1 Å². The maximum atomic E-state index is 12.5. The molecule has 0 saturated heterocycles. The molecule has 2 rings (SSSR count). The fourth-order valence-corrected chi connectivity index (χ4v) is 2.42. The molecule has 0 aliphatic carbocycles. The molecule has 0 unspecified atom stereocenters. The van der Waals surface area contributed by atoms with Gasteiger partial charge in [0.2, 0.25) is 0 Å². The van der Waals surface area contributed by atoms with E-state index in [0.717, 1.165) is 16.9 Å². The second-order valence-corrected chi connectivity index (χ2v) is 5.83. The number of aryl methyl sites for hydroxylation is 1. The molecule has 1 N–H and O–H groups in total.